The third kappa shape index (κ3) is 9.05. The van der Waals surface area contributed by atoms with Crippen molar-refractivity contribution in [1.82, 2.24) is 10.2 Å². The second-order valence-electron chi connectivity index (χ2n) is 14.9. The Balaban J connectivity index is 0.989. The number of nitrogens with one attached hydrogen (secondary N) is 1. The van der Waals surface area contributed by atoms with E-state index in [-0.39, 0.29) is 0 Å². The lowest BCUT2D eigenvalue weighted by molar-refractivity contribution is 0.179. The lowest BCUT2D eigenvalue weighted by Crippen LogP contribution is -2.37. The molecule has 3 fully saturated rings. The van der Waals surface area contributed by atoms with E-state index in [4.69, 9.17) is 4.74 Å². The van der Waals surface area contributed by atoms with Crippen LogP contribution in [0, 0.1) is 17.8 Å². The van der Waals surface area contributed by atoms with Gasteiger partial charge in [0.15, 0.2) is 0 Å². The topological polar surface area (TPSA) is 24.5 Å². The highest BCUT2D eigenvalue weighted by molar-refractivity contribution is 6.70. The Morgan fingerprint density at radius 2 is 1.69 bits per heavy atom. The van der Waals surface area contributed by atoms with E-state index in [1.165, 1.54) is 92.0 Å². The van der Waals surface area contributed by atoms with Gasteiger partial charge in [-0.1, -0.05) is 115 Å². The number of hydrogen-bond acceptors (Lipinski definition) is 3. The second-order valence-corrected chi connectivity index (χ2v) is 18.1. The molecule has 0 amide bonds. The Hall–Kier alpha value is -2.09. The number of hydrogen-bond donors (Lipinski definition) is 1. The van der Waals surface area contributed by atoms with E-state index in [9.17, 15) is 0 Å². The number of nitrogens with zero attached hydrogens (tertiary/aromatic N) is 1. The minimum Gasteiger partial charge on any atom is -0.496 e. The molecule has 4 unspecified atom stereocenters. The summed E-state index contributed by atoms with van der Waals surface area (Å²) in [7, 11) is 1.84. The zero-order chi connectivity index (χ0) is 31.0. The molecule has 0 bridgehead atoms. The molecule has 2 heterocycles. The number of ether oxygens (including phenoxy) is 1. The standard InChI is InChI=1S/C40H54N2O.CH3.Al/c1-4-32-13-10-17-37(26-32)39(36-15-6-5-7-16-36)30-42-24-21-33(22-25-42)27-38-20-19-34(28-40(38)43-3)29-41-23-11-18-35-14-9-8-12-31(35)2;;/h4-7,10,13,15-17,19-20,26,28,31,33,35,39,41H,1,8-9,11-12,14,18,21-25,27,29-30H2,2-3H3;1H3;. The Kier molecular flexibility index (Phi) is 11.8. The van der Waals surface area contributed by atoms with Gasteiger partial charge in [-0.05, 0) is 97.8 Å². The Labute approximate surface area is 278 Å². The molecule has 0 aromatic heterocycles. The van der Waals surface area contributed by atoms with Crippen LogP contribution in [0.1, 0.15) is 96.8 Å². The minimum absolute atomic E-state index is 0.440. The van der Waals surface area contributed by atoms with E-state index in [2.05, 4.69) is 95.7 Å². The molecule has 2 aliphatic heterocycles. The van der Waals surface area contributed by atoms with E-state index < -0.39 is 14.1 Å². The van der Waals surface area contributed by atoms with Crippen LogP contribution >= 0.6 is 0 Å². The maximum absolute atomic E-state index is 5.92. The molecule has 45 heavy (non-hydrogen) atoms. The molecule has 1 N–H and O–H groups in total. The molecule has 4 atom stereocenters. The first-order chi connectivity index (χ1) is 22.1. The lowest BCUT2D eigenvalue weighted by Gasteiger charge is -2.35. The van der Waals surface area contributed by atoms with Crippen molar-refractivity contribution in [3.8, 4) is 5.75 Å². The summed E-state index contributed by atoms with van der Waals surface area (Å²) < 4.78 is 6.82. The first-order valence-electron chi connectivity index (χ1n) is 18.3. The summed E-state index contributed by atoms with van der Waals surface area (Å²) in [6, 6.07) is 27.8. The van der Waals surface area contributed by atoms with E-state index in [1.54, 1.807) is 5.56 Å². The number of likely N-dealkylation sites (tertiary alicyclic amines) is 1. The van der Waals surface area contributed by atoms with Crippen LogP contribution in [0.4, 0.5) is 0 Å². The van der Waals surface area contributed by atoms with Crippen LogP contribution in [0.5, 0.6) is 5.75 Å². The van der Waals surface area contributed by atoms with Gasteiger partial charge in [0.1, 0.15) is 5.75 Å². The number of methoxy groups -OCH3 is 1. The highest BCUT2D eigenvalue weighted by atomic mass is 27.2. The molecule has 3 aliphatic rings. The molecule has 6 rings (SSSR count). The number of rotatable bonds is 14. The number of benzene rings is 3. The third-order valence-corrected chi connectivity index (χ3v) is 14.2. The van der Waals surface area contributed by atoms with Gasteiger partial charge in [-0.3, -0.25) is 0 Å². The Morgan fingerprint density at radius 1 is 0.911 bits per heavy atom. The summed E-state index contributed by atoms with van der Waals surface area (Å²) in [6.45, 7) is 8.00. The van der Waals surface area contributed by atoms with Crippen LogP contribution in [-0.4, -0.2) is 52.3 Å². The predicted molar refractivity (Wildman–Crippen MR) is 192 cm³/mol. The lowest BCUT2D eigenvalue weighted by atomic mass is 9.78. The van der Waals surface area contributed by atoms with Crippen LogP contribution in [0.15, 0.2) is 72.8 Å². The molecule has 0 spiro atoms. The van der Waals surface area contributed by atoms with Crippen molar-refractivity contribution in [2.45, 2.75) is 93.0 Å². The number of piperidine rings is 1. The van der Waals surface area contributed by atoms with Gasteiger partial charge in [-0.15, -0.1) is 5.79 Å². The molecule has 3 nitrogen and oxygen atoms in total. The zero-order valence-corrected chi connectivity index (χ0v) is 29.5. The van der Waals surface area contributed by atoms with Crippen LogP contribution in [0.2, 0.25) is 11.1 Å². The van der Waals surface area contributed by atoms with E-state index >= 15 is 0 Å². The van der Waals surface area contributed by atoms with Crippen molar-refractivity contribution in [3.63, 3.8) is 0 Å². The maximum Gasteiger partial charge on any atom is 0.265 e. The molecular weight excluding hydrogens is 563 g/mol. The van der Waals surface area contributed by atoms with Crippen LogP contribution in [0.3, 0.4) is 0 Å². The molecule has 4 heteroatoms. The molecule has 2 saturated heterocycles. The van der Waals surface area contributed by atoms with Crippen LogP contribution in [0.25, 0.3) is 0 Å². The van der Waals surface area contributed by atoms with Crippen LogP contribution < -0.4 is 10.1 Å². The average molecular weight is 621 g/mol. The SMILES string of the molecule is COc1cc(CNCCCC2CCCCC2C)ccc1CC1CCN(CC(c2ccccc2)c2cccc([CH]3[CH2][Al]3[CH3])c2)CC1. The van der Waals surface area contributed by atoms with Gasteiger partial charge in [-0.2, -0.15) is 0 Å². The van der Waals surface area contributed by atoms with E-state index in [0.717, 1.165) is 54.3 Å². The molecule has 240 valence electrons. The van der Waals surface area contributed by atoms with Crippen molar-refractivity contribution in [2.75, 3.05) is 33.3 Å². The fourth-order valence-electron chi connectivity index (χ4n) is 8.44. The summed E-state index contributed by atoms with van der Waals surface area (Å²) in [6.07, 6.45) is 12.1. The molecule has 0 radical (unpaired) electrons. The molecule has 3 aromatic carbocycles. The molecule has 1 aliphatic carbocycles. The normalized spacial score (nSPS) is 23.2. The van der Waals surface area contributed by atoms with Crippen LogP contribution in [-0.2, 0) is 13.0 Å². The van der Waals surface area contributed by atoms with Gasteiger partial charge >= 0.3 is 0 Å². The third-order valence-electron chi connectivity index (χ3n) is 11.6. The van der Waals surface area contributed by atoms with E-state index in [1.807, 2.05) is 7.11 Å². The predicted octanol–water partition coefficient (Wildman–Crippen LogP) is 9.24. The summed E-state index contributed by atoms with van der Waals surface area (Å²) in [4.78, 5) is 2.73. The summed E-state index contributed by atoms with van der Waals surface area (Å²) in [5, 5.41) is 5.19. The molecule has 3 aromatic rings. The van der Waals surface area contributed by atoms with Crippen molar-refractivity contribution in [3.05, 3.63) is 101 Å². The largest absolute Gasteiger partial charge is 0.496 e. The van der Waals surface area contributed by atoms with Crippen molar-refractivity contribution >= 4 is 14.1 Å². The van der Waals surface area contributed by atoms with E-state index in [0.29, 0.717) is 5.92 Å². The van der Waals surface area contributed by atoms with Gasteiger partial charge in [0, 0.05) is 19.0 Å². The van der Waals surface area contributed by atoms with Gasteiger partial charge in [0.25, 0.3) is 14.1 Å². The highest BCUT2D eigenvalue weighted by Crippen LogP contribution is 2.41. The fraction of sp³-hybridized carbons (Fsp3) is 0.561. The van der Waals surface area contributed by atoms with Gasteiger partial charge in [0.05, 0.1) is 7.11 Å². The maximum atomic E-state index is 5.92. The minimum atomic E-state index is -0.477. The van der Waals surface area contributed by atoms with Crippen molar-refractivity contribution in [2.24, 2.45) is 17.8 Å². The Bertz CT molecular complexity index is 1340. The van der Waals surface area contributed by atoms with Gasteiger partial charge < -0.3 is 15.0 Å². The summed E-state index contributed by atoms with van der Waals surface area (Å²) in [5.74, 6) is 6.64. The summed E-state index contributed by atoms with van der Waals surface area (Å²) >= 11 is -0.477. The van der Waals surface area contributed by atoms with Crippen molar-refractivity contribution in [1.29, 1.82) is 0 Å². The second kappa shape index (κ2) is 16.1. The molecule has 1 saturated carbocycles. The monoisotopic (exact) mass is 620 g/mol. The summed E-state index contributed by atoms with van der Waals surface area (Å²) in [5.41, 5.74) is 7.28. The van der Waals surface area contributed by atoms with Gasteiger partial charge in [0.2, 0.25) is 0 Å². The van der Waals surface area contributed by atoms with Crippen molar-refractivity contribution < 1.29 is 4.74 Å². The van der Waals surface area contributed by atoms with Gasteiger partial charge in [-0.25, -0.2) is 0 Å². The quantitative estimate of drug-likeness (QED) is 0.144. The first kappa shape index (κ1) is 32.8. The first-order valence-corrected chi connectivity index (χ1v) is 20.9. The average Bonchev–Trinajstić information content (AvgIpc) is 3.82. The smallest absolute Gasteiger partial charge is 0.265 e. The molecular formula is C41H57AlN2O. The Morgan fingerprint density at radius 3 is 2.44 bits per heavy atom. The fourth-order valence-corrected chi connectivity index (χ4v) is 11.0. The highest BCUT2D eigenvalue weighted by Gasteiger charge is 2.39. The zero-order valence-electron chi connectivity index (χ0n) is 28.4.